The lowest BCUT2D eigenvalue weighted by atomic mass is 10.2. The molecule has 25 heavy (non-hydrogen) atoms. The van der Waals surface area contributed by atoms with Crippen LogP contribution in [-0.4, -0.2) is 47.4 Å². The van der Waals surface area contributed by atoms with Crippen LogP contribution in [0.2, 0.25) is 5.02 Å². The molecule has 0 bridgehead atoms. The van der Waals surface area contributed by atoms with E-state index in [-0.39, 0.29) is 22.2 Å². The van der Waals surface area contributed by atoms with Gasteiger partial charge in [0.25, 0.3) is 0 Å². The number of methoxy groups -OCH3 is 2. The molecule has 0 aliphatic carbocycles. The molecule has 0 aliphatic heterocycles. The van der Waals surface area contributed by atoms with Crippen molar-refractivity contribution in [1.29, 1.82) is 0 Å². The number of benzene rings is 1. The minimum absolute atomic E-state index is 0.134. The van der Waals surface area contributed by atoms with Crippen molar-refractivity contribution in [3.05, 3.63) is 35.2 Å². The number of ether oxygens (including phenoxy) is 2. The Morgan fingerprint density at radius 3 is 2.20 bits per heavy atom. The van der Waals surface area contributed by atoms with Crippen LogP contribution in [0.3, 0.4) is 0 Å². The number of aromatic carboxylic acids is 1. The van der Waals surface area contributed by atoms with Gasteiger partial charge in [-0.3, -0.25) is 4.79 Å². The fraction of sp³-hybridized carbons (Fsp3) is 0.143. The fourth-order valence-corrected chi connectivity index (χ4v) is 1.70. The first-order valence-electron chi connectivity index (χ1n) is 6.39. The second-order valence-corrected chi connectivity index (χ2v) is 4.54. The average molecular weight is 373 g/mol. The lowest BCUT2D eigenvalue weighted by Gasteiger charge is -2.11. The molecule has 2 aromatic rings. The number of aliphatic carboxylic acids is 1. The highest BCUT2D eigenvalue weighted by atomic mass is 35.5. The molecule has 0 atom stereocenters. The van der Waals surface area contributed by atoms with Gasteiger partial charge in [-0.15, -0.1) is 0 Å². The number of carbonyl (C=O) groups excluding carboxylic acids is 1. The summed E-state index contributed by atoms with van der Waals surface area (Å²) >= 11 is 5.84. The smallest absolute Gasteiger partial charge is 0.394 e. The summed E-state index contributed by atoms with van der Waals surface area (Å²) in [7, 11) is 2.80. The van der Waals surface area contributed by atoms with Crippen molar-refractivity contribution in [3.63, 3.8) is 0 Å². The van der Waals surface area contributed by atoms with Gasteiger partial charge in [0, 0.05) is 12.1 Å². The van der Waals surface area contributed by atoms with E-state index in [0.29, 0.717) is 5.75 Å². The van der Waals surface area contributed by atoms with E-state index in [9.17, 15) is 14.4 Å². The first-order chi connectivity index (χ1) is 11.8. The summed E-state index contributed by atoms with van der Waals surface area (Å²) in [4.78, 5) is 31.3. The first-order valence-corrected chi connectivity index (χ1v) is 6.77. The third-order valence-electron chi connectivity index (χ3n) is 2.56. The highest BCUT2D eigenvalue weighted by molar-refractivity contribution is 6.37. The Morgan fingerprint density at radius 2 is 1.80 bits per heavy atom. The molecule has 11 heteroatoms. The Bertz CT molecular complexity index is 760. The quantitative estimate of drug-likeness (QED) is 0.682. The fourth-order valence-electron chi connectivity index (χ4n) is 1.46. The van der Waals surface area contributed by atoms with E-state index in [1.165, 1.54) is 38.6 Å². The molecule has 1 heterocycles. The molecular weight excluding hydrogens is 360 g/mol. The number of halogens is 1. The Kier molecular flexibility index (Phi) is 7.22. The van der Waals surface area contributed by atoms with Crippen LogP contribution in [0.5, 0.6) is 11.5 Å². The zero-order valence-corrected chi connectivity index (χ0v) is 13.7. The number of aromatic nitrogens is 1. The van der Waals surface area contributed by atoms with Crippen molar-refractivity contribution < 1.29 is 38.6 Å². The first kappa shape index (κ1) is 19.8. The number of carbonyl (C=O) groups is 3. The molecule has 0 aliphatic rings. The normalized spacial score (nSPS) is 9.40. The third kappa shape index (κ3) is 5.70. The van der Waals surface area contributed by atoms with Gasteiger partial charge in [0.1, 0.15) is 11.5 Å². The minimum Gasteiger partial charge on any atom is -0.495 e. The van der Waals surface area contributed by atoms with Crippen molar-refractivity contribution in [2.45, 2.75) is 0 Å². The number of carboxylic acids is 2. The molecular formula is C14H13ClN2O8. The lowest BCUT2D eigenvalue weighted by Crippen LogP contribution is -2.22. The predicted octanol–water partition coefficient (Wildman–Crippen LogP) is 1.75. The maximum Gasteiger partial charge on any atom is 0.394 e. The Hall–Kier alpha value is -3.27. The minimum atomic E-state index is -1.60. The molecule has 0 unspecified atom stereocenters. The molecule has 2 rings (SSSR count). The van der Waals surface area contributed by atoms with E-state index in [1.54, 1.807) is 0 Å². The molecule has 1 amide bonds. The zero-order valence-electron chi connectivity index (χ0n) is 13.0. The number of amides is 1. The van der Waals surface area contributed by atoms with Gasteiger partial charge in [0.15, 0.2) is 0 Å². The highest BCUT2D eigenvalue weighted by Gasteiger charge is 2.16. The lowest BCUT2D eigenvalue weighted by molar-refractivity contribution is -0.147. The number of nitrogens with zero attached hydrogens (tertiary/aromatic N) is 1. The molecule has 3 N–H and O–H groups in total. The van der Waals surface area contributed by atoms with Gasteiger partial charge in [0.2, 0.25) is 5.76 Å². The third-order valence-corrected chi connectivity index (χ3v) is 2.86. The Labute approximate surface area is 145 Å². The second-order valence-electron chi connectivity index (χ2n) is 4.13. The highest BCUT2D eigenvalue weighted by Crippen LogP contribution is 2.35. The van der Waals surface area contributed by atoms with Crippen molar-refractivity contribution in [1.82, 2.24) is 5.16 Å². The summed E-state index contributed by atoms with van der Waals surface area (Å²) < 4.78 is 14.2. The summed E-state index contributed by atoms with van der Waals surface area (Å²) in [6, 6.07) is 4.07. The number of rotatable bonds is 4. The van der Waals surface area contributed by atoms with Crippen LogP contribution in [0.25, 0.3) is 0 Å². The summed E-state index contributed by atoms with van der Waals surface area (Å²) in [5.74, 6) is -3.39. The molecule has 134 valence electrons. The number of nitrogens with one attached hydrogen (secondary N) is 1. The zero-order chi connectivity index (χ0) is 19.0. The molecule has 10 nitrogen and oxygen atoms in total. The van der Waals surface area contributed by atoms with E-state index in [1.807, 2.05) is 0 Å². The molecule has 0 spiro atoms. The predicted molar refractivity (Wildman–Crippen MR) is 84.3 cm³/mol. The molecule has 1 aromatic heterocycles. The van der Waals surface area contributed by atoms with Gasteiger partial charge in [-0.05, 0) is 6.07 Å². The van der Waals surface area contributed by atoms with Crippen LogP contribution in [-0.2, 0) is 9.59 Å². The second kappa shape index (κ2) is 9.13. The summed E-state index contributed by atoms with van der Waals surface area (Å²) in [5.41, 5.74) is 0.158. The Morgan fingerprint density at radius 1 is 1.16 bits per heavy atom. The molecule has 0 fully saturated rings. The van der Waals surface area contributed by atoms with Gasteiger partial charge >= 0.3 is 17.8 Å². The van der Waals surface area contributed by atoms with Crippen molar-refractivity contribution in [2.75, 3.05) is 19.5 Å². The van der Waals surface area contributed by atoms with Crippen molar-refractivity contribution in [3.8, 4) is 11.5 Å². The summed E-state index contributed by atoms with van der Waals surface area (Å²) in [5, 5.41) is 22.2. The van der Waals surface area contributed by atoms with E-state index >= 15 is 0 Å². The van der Waals surface area contributed by atoms with Gasteiger partial charge in [-0.1, -0.05) is 16.8 Å². The maximum absolute atomic E-state index is 11.0. The molecule has 0 saturated heterocycles. The topological polar surface area (TPSA) is 148 Å². The van der Waals surface area contributed by atoms with E-state index in [0.717, 1.165) is 0 Å². The van der Waals surface area contributed by atoms with Crippen LogP contribution >= 0.6 is 11.6 Å². The monoisotopic (exact) mass is 372 g/mol. The van der Waals surface area contributed by atoms with Gasteiger partial charge in [0.05, 0.1) is 31.1 Å². The van der Waals surface area contributed by atoms with Crippen LogP contribution in [0.15, 0.2) is 28.9 Å². The van der Waals surface area contributed by atoms with Gasteiger partial charge in [-0.25, -0.2) is 9.59 Å². The van der Waals surface area contributed by atoms with Gasteiger partial charge in [-0.2, -0.15) is 0 Å². The molecule has 0 radical (unpaired) electrons. The average Bonchev–Trinajstić information content (AvgIpc) is 3.10. The number of anilines is 1. The number of carboxylic acid groups (broad SMARTS) is 2. The van der Waals surface area contributed by atoms with Crippen LogP contribution < -0.4 is 14.8 Å². The van der Waals surface area contributed by atoms with Crippen molar-refractivity contribution >= 4 is 35.1 Å². The standard InChI is InChI=1S/C10H10ClNO5.C4H3NO3/c1-16-7-4-8(17-2)6(3-5(7)11)12-9(13)10(14)15;6-4(7)3-1-2-5-8-3/h3-4H,1-2H3,(H,12,13)(H,14,15);1-2H,(H,6,7). The van der Waals surface area contributed by atoms with E-state index in [2.05, 4.69) is 15.0 Å². The van der Waals surface area contributed by atoms with Crippen LogP contribution in [0.4, 0.5) is 5.69 Å². The van der Waals surface area contributed by atoms with Crippen molar-refractivity contribution in [2.24, 2.45) is 0 Å². The summed E-state index contributed by atoms with van der Waals surface area (Å²) in [6.45, 7) is 0. The summed E-state index contributed by atoms with van der Waals surface area (Å²) in [6.07, 6.45) is 1.28. The number of hydrogen-bond donors (Lipinski definition) is 3. The Balaban J connectivity index is 0.000000324. The SMILES string of the molecule is COc1cc(OC)c(NC(=O)C(=O)O)cc1Cl.O=C(O)c1ccno1. The largest absolute Gasteiger partial charge is 0.495 e. The van der Waals surface area contributed by atoms with Gasteiger partial charge < -0.3 is 29.5 Å². The molecule has 1 aromatic carbocycles. The number of hydrogen-bond acceptors (Lipinski definition) is 7. The van der Waals surface area contributed by atoms with Crippen LogP contribution in [0.1, 0.15) is 10.6 Å². The van der Waals surface area contributed by atoms with E-state index in [4.69, 9.17) is 31.3 Å². The van der Waals surface area contributed by atoms with E-state index < -0.39 is 17.8 Å². The van der Waals surface area contributed by atoms with Crippen LogP contribution in [0, 0.1) is 0 Å². The molecule has 0 saturated carbocycles. The maximum atomic E-state index is 11.0.